The zero-order valence-corrected chi connectivity index (χ0v) is 22.6. The van der Waals surface area contributed by atoms with E-state index in [0.29, 0.717) is 35.4 Å². The molecule has 0 bridgehead atoms. The summed E-state index contributed by atoms with van der Waals surface area (Å²) in [6, 6.07) is 9.04. The van der Waals surface area contributed by atoms with E-state index < -0.39 is 29.7 Å². The van der Waals surface area contributed by atoms with Crippen molar-refractivity contribution in [3.8, 4) is 5.75 Å². The molecule has 0 saturated carbocycles. The molecule has 2 aromatic heterocycles. The summed E-state index contributed by atoms with van der Waals surface area (Å²) in [6.07, 6.45) is 1.10. The Morgan fingerprint density at radius 2 is 1.98 bits per heavy atom. The minimum Gasteiger partial charge on any atom is -0.482 e. The number of aromatic carboxylic acids is 1. The molecule has 15 heteroatoms. The number of carbonyl (C=O) groups excluding carboxylic acids is 4. The Morgan fingerprint density at radius 1 is 1.16 bits per heavy atom. The minimum absolute atomic E-state index is 0.0487. The third kappa shape index (κ3) is 4.96. The molecule has 1 atom stereocenters. The number of hydrogen-bond donors (Lipinski definition) is 5. The number of carbonyl (C=O) groups is 5. The molecule has 4 amide bonds. The summed E-state index contributed by atoms with van der Waals surface area (Å²) in [5.74, 6) is -3.04. The van der Waals surface area contributed by atoms with Crippen molar-refractivity contribution in [3.05, 3.63) is 81.3 Å². The molecule has 3 heterocycles. The number of carboxylic acids is 1. The van der Waals surface area contributed by atoms with Gasteiger partial charge in [-0.15, -0.1) is 5.10 Å². The van der Waals surface area contributed by atoms with Crippen molar-refractivity contribution < 1.29 is 33.8 Å². The molecular formula is C28H24N8O7. The Balaban J connectivity index is 1.27. The second kappa shape index (κ2) is 10.5. The molecule has 15 nitrogen and oxygen atoms in total. The van der Waals surface area contributed by atoms with Gasteiger partial charge in [-0.25, -0.2) is 9.78 Å². The lowest BCUT2D eigenvalue weighted by Gasteiger charge is -2.18. The maximum Gasteiger partial charge on any atom is 0.335 e. The summed E-state index contributed by atoms with van der Waals surface area (Å²) >= 11 is 0. The second-order valence-corrected chi connectivity index (χ2v) is 10.1. The number of nitrogens with two attached hydrogens (primary N) is 1. The standard InChI is InChI=1S/C28H24N8O7/c1-12-14-5-6-17(16(14)4-3-15(12)28(41)42)33-27(40)20-9-19(32-25-23(24(29)38)34-35-36(20)25)26(39)30-10-13-2-7-21-18(8-13)31-22(37)11-43-21/h2-4,7-9,17H,5-6,10-11H2,1H3,(H2,29,38)(H,30,39)(H,31,37)(H,33,40)(H,41,42)/t17-/m0/s1. The van der Waals surface area contributed by atoms with Crippen LogP contribution in [0.1, 0.15) is 76.5 Å². The van der Waals surface area contributed by atoms with Gasteiger partial charge in [0, 0.05) is 12.6 Å². The number of hydrogen-bond acceptors (Lipinski definition) is 9. The first kappa shape index (κ1) is 27.3. The van der Waals surface area contributed by atoms with Crippen molar-refractivity contribution >= 4 is 40.9 Å². The third-order valence-corrected chi connectivity index (χ3v) is 7.43. The fourth-order valence-electron chi connectivity index (χ4n) is 5.32. The average molecular weight is 585 g/mol. The lowest BCUT2D eigenvalue weighted by molar-refractivity contribution is -0.118. The van der Waals surface area contributed by atoms with Gasteiger partial charge in [0.2, 0.25) is 0 Å². The number of primary amides is 1. The van der Waals surface area contributed by atoms with Crippen LogP contribution in [0.25, 0.3) is 5.65 Å². The molecule has 0 fully saturated rings. The maximum atomic E-state index is 13.6. The highest BCUT2D eigenvalue weighted by Crippen LogP contribution is 2.35. The van der Waals surface area contributed by atoms with E-state index in [-0.39, 0.29) is 47.4 Å². The number of rotatable bonds is 7. The quantitative estimate of drug-likeness (QED) is 0.207. The molecule has 218 valence electrons. The molecule has 6 N–H and O–H groups in total. The van der Waals surface area contributed by atoms with E-state index in [9.17, 15) is 29.1 Å². The predicted molar refractivity (Wildman–Crippen MR) is 148 cm³/mol. The van der Waals surface area contributed by atoms with Gasteiger partial charge in [0.25, 0.3) is 23.6 Å². The van der Waals surface area contributed by atoms with Crippen LogP contribution in [0.2, 0.25) is 0 Å². The van der Waals surface area contributed by atoms with E-state index in [4.69, 9.17) is 10.5 Å². The molecule has 4 aromatic rings. The Kier molecular flexibility index (Phi) is 6.68. The lowest BCUT2D eigenvalue weighted by atomic mass is 9.98. The molecule has 6 rings (SSSR count). The Bertz CT molecular complexity index is 1880. The van der Waals surface area contributed by atoms with Crippen LogP contribution < -0.4 is 26.4 Å². The van der Waals surface area contributed by atoms with Crippen molar-refractivity contribution in [2.24, 2.45) is 5.73 Å². The Labute approximate surface area is 242 Å². The van der Waals surface area contributed by atoms with E-state index >= 15 is 0 Å². The number of aromatic nitrogens is 4. The molecule has 2 aromatic carbocycles. The normalized spacial score (nSPS) is 15.2. The summed E-state index contributed by atoms with van der Waals surface area (Å²) in [7, 11) is 0. The van der Waals surface area contributed by atoms with Gasteiger partial charge in [0.15, 0.2) is 17.9 Å². The Hall–Kier alpha value is -5.86. The largest absolute Gasteiger partial charge is 0.482 e. The number of ether oxygens (including phenoxy) is 1. The lowest BCUT2D eigenvalue weighted by Crippen LogP contribution is -2.31. The molecule has 0 saturated heterocycles. The number of amides is 4. The van der Waals surface area contributed by atoms with Crippen LogP contribution in [-0.2, 0) is 17.8 Å². The first-order chi connectivity index (χ1) is 20.6. The minimum atomic E-state index is -1.03. The molecule has 1 aliphatic heterocycles. The number of anilines is 1. The fourth-order valence-corrected chi connectivity index (χ4v) is 5.32. The predicted octanol–water partition coefficient (Wildman–Crippen LogP) is 0.908. The molecule has 1 aliphatic carbocycles. The van der Waals surface area contributed by atoms with Crippen LogP contribution in [0.15, 0.2) is 36.4 Å². The van der Waals surface area contributed by atoms with Crippen LogP contribution in [-0.4, -0.2) is 61.1 Å². The summed E-state index contributed by atoms with van der Waals surface area (Å²) in [5, 5.41) is 25.4. The van der Waals surface area contributed by atoms with Gasteiger partial charge in [-0.05, 0) is 60.2 Å². The van der Waals surface area contributed by atoms with Gasteiger partial charge in [-0.2, -0.15) is 4.52 Å². The van der Waals surface area contributed by atoms with Crippen molar-refractivity contribution in [2.45, 2.75) is 32.4 Å². The van der Waals surface area contributed by atoms with Crippen LogP contribution in [0.3, 0.4) is 0 Å². The molecule has 0 unspecified atom stereocenters. The fraction of sp³-hybridized carbons (Fsp3) is 0.214. The van der Waals surface area contributed by atoms with Crippen molar-refractivity contribution in [2.75, 3.05) is 11.9 Å². The number of nitrogens with zero attached hydrogens (tertiary/aromatic N) is 4. The first-order valence-electron chi connectivity index (χ1n) is 13.2. The van der Waals surface area contributed by atoms with Crippen LogP contribution in [0, 0.1) is 6.92 Å². The zero-order valence-electron chi connectivity index (χ0n) is 22.6. The van der Waals surface area contributed by atoms with E-state index in [1.807, 2.05) is 0 Å². The van der Waals surface area contributed by atoms with E-state index in [0.717, 1.165) is 15.6 Å². The maximum absolute atomic E-state index is 13.6. The van der Waals surface area contributed by atoms with Crippen LogP contribution in [0.5, 0.6) is 5.75 Å². The smallest absolute Gasteiger partial charge is 0.335 e. The second-order valence-electron chi connectivity index (χ2n) is 10.1. The third-order valence-electron chi connectivity index (χ3n) is 7.43. The molecule has 2 aliphatic rings. The van der Waals surface area contributed by atoms with Crippen LogP contribution in [0.4, 0.5) is 5.69 Å². The number of fused-ring (bicyclic) bond motifs is 3. The SMILES string of the molecule is Cc1c(C(=O)O)ccc2c1CC[C@@H]2NC(=O)c1cc(C(=O)NCc2ccc3c(c2)NC(=O)CO3)nc2c(C(N)=O)nnn12. The molecular weight excluding hydrogens is 560 g/mol. The molecule has 43 heavy (non-hydrogen) atoms. The van der Waals surface area contributed by atoms with Crippen LogP contribution >= 0.6 is 0 Å². The number of benzene rings is 2. The number of nitrogens with one attached hydrogen (secondary N) is 3. The van der Waals surface area contributed by atoms with Crippen molar-refractivity contribution in [3.63, 3.8) is 0 Å². The van der Waals surface area contributed by atoms with Gasteiger partial charge in [-0.3, -0.25) is 19.2 Å². The van der Waals surface area contributed by atoms with Gasteiger partial charge >= 0.3 is 5.97 Å². The molecule has 0 spiro atoms. The summed E-state index contributed by atoms with van der Waals surface area (Å²) in [4.78, 5) is 66.2. The average Bonchev–Trinajstić information content (AvgIpc) is 3.60. The van der Waals surface area contributed by atoms with Crippen molar-refractivity contribution in [1.82, 2.24) is 30.4 Å². The van der Waals surface area contributed by atoms with E-state index in [1.165, 1.54) is 12.1 Å². The topological polar surface area (TPSA) is 220 Å². The summed E-state index contributed by atoms with van der Waals surface area (Å²) < 4.78 is 6.38. The van der Waals surface area contributed by atoms with Crippen molar-refractivity contribution in [1.29, 1.82) is 0 Å². The monoisotopic (exact) mass is 584 g/mol. The first-order valence-corrected chi connectivity index (χ1v) is 13.2. The summed E-state index contributed by atoms with van der Waals surface area (Å²) in [6.45, 7) is 1.70. The van der Waals surface area contributed by atoms with E-state index in [1.54, 1.807) is 31.2 Å². The number of carboxylic acid groups (broad SMARTS) is 1. The van der Waals surface area contributed by atoms with Gasteiger partial charge in [-0.1, -0.05) is 17.3 Å². The van der Waals surface area contributed by atoms with E-state index in [2.05, 4.69) is 31.2 Å². The highest BCUT2D eigenvalue weighted by Gasteiger charge is 2.30. The van der Waals surface area contributed by atoms with Gasteiger partial charge in [0.1, 0.15) is 17.1 Å². The Morgan fingerprint density at radius 3 is 2.74 bits per heavy atom. The molecule has 0 radical (unpaired) electrons. The zero-order chi connectivity index (χ0) is 30.4. The highest BCUT2D eigenvalue weighted by atomic mass is 16.5. The van der Waals surface area contributed by atoms with Gasteiger partial charge in [0.05, 0.1) is 17.3 Å². The van der Waals surface area contributed by atoms with Gasteiger partial charge < -0.3 is 31.5 Å². The highest BCUT2D eigenvalue weighted by molar-refractivity contribution is 6.01. The summed E-state index contributed by atoms with van der Waals surface area (Å²) in [5.41, 5.74) is 8.25.